The fraction of sp³-hybridized carbons (Fsp3) is 0.529. The van der Waals surface area contributed by atoms with Crippen molar-refractivity contribution < 1.29 is 14.7 Å². The third-order valence-corrected chi connectivity index (χ3v) is 4.86. The minimum atomic E-state index is -1.09. The molecule has 1 aliphatic heterocycles. The van der Waals surface area contributed by atoms with Gasteiger partial charge in [-0.1, -0.05) is 30.3 Å². The first-order valence-corrected chi connectivity index (χ1v) is 7.71. The molecular weight excluding hydrogens is 266 g/mol. The Bertz CT molecular complexity index is 536. The highest BCUT2D eigenvalue weighted by molar-refractivity contribution is 6.04. The standard InChI is InChI=1S/C17H21NO3/c19-15(17(9-10-17)16(20)21)18-11-4-7-14(8-12-18)13-5-2-1-3-6-13/h1-3,5-6,14H,4,7-12H2,(H,20,21). The SMILES string of the molecule is O=C(O)C1(C(=O)N2CCCC(c3ccccc3)CC2)CC1. The fourth-order valence-corrected chi connectivity index (χ4v) is 3.30. The van der Waals surface area contributed by atoms with Gasteiger partial charge in [0.1, 0.15) is 5.41 Å². The van der Waals surface area contributed by atoms with Gasteiger partial charge in [-0.25, -0.2) is 0 Å². The van der Waals surface area contributed by atoms with Crippen LogP contribution in [0.25, 0.3) is 0 Å². The molecule has 112 valence electrons. The molecule has 1 amide bonds. The molecule has 0 bridgehead atoms. The fourth-order valence-electron chi connectivity index (χ4n) is 3.30. The quantitative estimate of drug-likeness (QED) is 0.869. The van der Waals surface area contributed by atoms with Gasteiger partial charge in [0.05, 0.1) is 0 Å². The molecule has 21 heavy (non-hydrogen) atoms. The predicted molar refractivity (Wildman–Crippen MR) is 78.9 cm³/mol. The summed E-state index contributed by atoms with van der Waals surface area (Å²) in [6.45, 7) is 1.37. The van der Waals surface area contributed by atoms with Crippen LogP contribution in [0, 0.1) is 5.41 Å². The lowest BCUT2D eigenvalue weighted by Gasteiger charge is -2.24. The first-order valence-electron chi connectivity index (χ1n) is 7.71. The van der Waals surface area contributed by atoms with Gasteiger partial charge in [-0.2, -0.15) is 0 Å². The largest absolute Gasteiger partial charge is 0.480 e. The van der Waals surface area contributed by atoms with Crippen molar-refractivity contribution in [1.29, 1.82) is 0 Å². The van der Waals surface area contributed by atoms with Crippen molar-refractivity contribution in [3.8, 4) is 0 Å². The smallest absolute Gasteiger partial charge is 0.319 e. The van der Waals surface area contributed by atoms with E-state index in [4.69, 9.17) is 0 Å². The van der Waals surface area contributed by atoms with E-state index in [1.807, 2.05) is 18.2 Å². The van der Waals surface area contributed by atoms with Crippen molar-refractivity contribution in [1.82, 2.24) is 4.90 Å². The second-order valence-electron chi connectivity index (χ2n) is 6.22. The van der Waals surface area contributed by atoms with Crippen LogP contribution in [0.4, 0.5) is 0 Å². The van der Waals surface area contributed by atoms with Crippen molar-refractivity contribution in [2.24, 2.45) is 5.41 Å². The molecule has 4 heteroatoms. The zero-order valence-corrected chi connectivity index (χ0v) is 12.1. The van der Waals surface area contributed by atoms with E-state index >= 15 is 0 Å². The van der Waals surface area contributed by atoms with Gasteiger partial charge >= 0.3 is 5.97 Å². The second-order valence-corrected chi connectivity index (χ2v) is 6.22. The minimum absolute atomic E-state index is 0.163. The average molecular weight is 287 g/mol. The van der Waals surface area contributed by atoms with Gasteiger partial charge in [0.2, 0.25) is 5.91 Å². The van der Waals surface area contributed by atoms with Crippen LogP contribution in [-0.4, -0.2) is 35.0 Å². The van der Waals surface area contributed by atoms with Crippen LogP contribution in [0.2, 0.25) is 0 Å². The molecule has 2 aliphatic rings. The molecule has 4 nitrogen and oxygen atoms in total. The molecule has 0 aromatic heterocycles. The van der Waals surface area contributed by atoms with Crippen LogP contribution < -0.4 is 0 Å². The molecule has 1 atom stereocenters. The topological polar surface area (TPSA) is 57.6 Å². The van der Waals surface area contributed by atoms with Gasteiger partial charge < -0.3 is 10.0 Å². The summed E-state index contributed by atoms with van der Waals surface area (Å²) in [7, 11) is 0. The Balaban J connectivity index is 1.66. The summed E-state index contributed by atoms with van der Waals surface area (Å²) in [5, 5.41) is 9.26. The van der Waals surface area contributed by atoms with Crippen molar-refractivity contribution >= 4 is 11.9 Å². The molecular formula is C17H21NO3. The molecule has 1 N–H and O–H groups in total. The average Bonchev–Trinajstić information content (AvgIpc) is 3.32. The number of carboxylic acids is 1. The third kappa shape index (κ3) is 2.67. The van der Waals surface area contributed by atoms with Crippen LogP contribution in [0.1, 0.15) is 43.6 Å². The van der Waals surface area contributed by atoms with E-state index in [9.17, 15) is 14.7 Å². The van der Waals surface area contributed by atoms with Crippen molar-refractivity contribution in [2.45, 2.75) is 38.0 Å². The molecule has 1 saturated carbocycles. The molecule has 0 spiro atoms. The van der Waals surface area contributed by atoms with E-state index in [2.05, 4.69) is 12.1 Å². The van der Waals surface area contributed by atoms with Gasteiger partial charge in [0.15, 0.2) is 0 Å². The van der Waals surface area contributed by atoms with E-state index < -0.39 is 11.4 Å². The highest BCUT2D eigenvalue weighted by atomic mass is 16.4. The van der Waals surface area contributed by atoms with E-state index in [0.29, 0.717) is 31.8 Å². The Morgan fingerprint density at radius 2 is 1.81 bits per heavy atom. The Hall–Kier alpha value is -1.84. The van der Waals surface area contributed by atoms with Crippen LogP contribution in [0.5, 0.6) is 0 Å². The van der Waals surface area contributed by atoms with Gasteiger partial charge in [0.25, 0.3) is 0 Å². The molecule has 0 radical (unpaired) electrons. The second kappa shape index (κ2) is 5.51. The number of rotatable bonds is 3. The zero-order chi connectivity index (χ0) is 14.9. The molecule has 2 fully saturated rings. The summed E-state index contributed by atoms with van der Waals surface area (Å²) < 4.78 is 0. The summed E-state index contributed by atoms with van der Waals surface area (Å²) in [6, 6.07) is 10.4. The lowest BCUT2D eigenvalue weighted by Crippen LogP contribution is -2.41. The molecule has 3 rings (SSSR count). The lowest BCUT2D eigenvalue weighted by atomic mass is 9.92. The number of benzene rings is 1. The highest BCUT2D eigenvalue weighted by Crippen LogP contribution is 2.48. The molecule has 1 aromatic carbocycles. The molecule has 1 aliphatic carbocycles. The number of carbonyl (C=O) groups is 2. The Morgan fingerprint density at radius 3 is 2.43 bits per heavy atom. The monoisotopic (exact) mass is 287 g/mol. The Morgan fingerprint density at radius 1 is 1.10 bits per heavy atom. The highest BCUT2D eigenvalue weighted by Gasteiger charge is 2.58. The maximum absolute atomic E-state index is 12.5. The van der Waals surface area contributed by atoms with Gasteiger partial charge in [-0.3, -0.25) is 9.59 Å². The molecule has 1 unspecified atom stereocenters. The number of nitrogens with zero attached hydrogens (tertiary/aromatic N) is 1. The van der Waals surface area contributed by atoms with Crippen LogP contribution in [0.3, 0.4) is 0 Å². The summed E-state index contributed by atoms with van der Waals surface area (Å²) in [4.78, 5) is 25.5. The number of hydrogen-bond donors (Lipinski definition) is 1. The van der Waals surface area contributed by atoms with Gasteiger partial charge in [-0.05, 0) is 43.6 Å². The lowest BCUT2D eigenvalue weighted by molar-refractivity contribution is -0.153. The zero-order valence-electron chi connectivity index (χ0n) is 12.1. The Labute approximate surface area is 124 Å². The Kier molecular flexibility index (Phi) is 3.70. The third-order valence-electron chi connectivity index (χ3n) is 4.86. The normalized spacial score (nSPS) is 24.2. The van der Waals surface area contributed by atoms with Crippen LogP contribution >= 0.6 is 0 Å². The number of likely N-dealkylation sites (tertiary alicyclic amines) is 1. The minimum Gasteiger partial charge on any atom is -0.480 e. The van der Waals surface area contributed by atoms with Gasteiger partial charge in [-0.15, -0.1) is 0 Å². The first-order chi connectivity index (χ1) is 10.1. The molecule has 1 heterocycles. The van der Waals surface area contributed by atoms with E-state index in [0.717, 1.165) is 19.3 Å². The van der Waals surface area contributed by atoms with E-state index in [1.165, 1.54) is 5.56 Å². The molecule has 1 saturated heterocycles. The summed E-state index contributed by atoms with van der Waals surface area (Å²) in [5.41, 5.74) is 0.234. The number of carbonyl (C=O) groups excluding carboxylic acids is 1. The number of aliphatic carboxylic acids is 1. The van der Waals surface area contributed by atoms with E-state index in [-0.39, 0.29) is 5.91 Å². The number of hydrogen-bond acceptors (Lipinski definition) is 2. The summed E-state index contributed by atoms with van der Waals surface area (Å²) in [5.74, 6) is -0.635. The van der Waals surface area contributed by atoms with Crippen LogP contribution in [-0.2, 0) is 9.59 Å². The number of amides is 1. The van der Waals surface area contributed by atoms with Crippen molar-refractivity contribution in [3.63, 3.8) is 0 Å². The van der Waals surface area contributed by atoms with Crippen LogP contribution in [0.15, 0.2) is 30.3 Å². The number of carboxylic acid groups (broad SMARTS) is 1. The maximum Gasteiger partial charge on any atom is 0.319 e. The summed E-state index contributed by atoms with van der Waals surface area (Å²) >= 11 is 0. The molecule has 1 aromatic rings. The van der Waals surface area contributed by atoms with Crippen molar-refractivity contribution in [3.05, 3.63) is 35.9 Å². The van der Waals surface area contributed by atoms with Gasteiger partial charge in [0, 0.05) is 13.1 Å². The predicted octanol–water partition coefficient (Wildman–Crippen LogP) is 2.65. The van der Waals surface area contributed by atoms with Crippen molar-refractivity contribution in [2.75, 3.05) is 13.1 Å². The first kappa shape index (κ1) is 14.1. The summed E-state index contributed by atoms with van der Waals surface area (Å²) in [6.07, 6.45) is 3.93. The maximum atomic E-state index is 12.5. The van der Waals surface area contributed by atoms with E-state index in [1.54, 1.807) is 4.90 Å².